The molecule has 0 aliphatic carbocycles. The molecule has 22 heavy (non-hydrogen) atoms. The first-order valence-electron chi connectivity index (χ1n) is 6.24. The number of nitrogens with two attached hydrogens (primary N) is 1. The van der Waals surface area contributed by atoms with Crippen LogP contribution in [0.1, 0.15) is 16.3 Å². The van der Waals surface area contributed by atoms with E-state index >= 15 is 0 Å². The fraction of sp³-hybridized carbons (Fsp3) is 0.0833. The first-order valence-corrected chi connectivity index (χ1v) is 6.24. The number of hydrogen-bond acceptors (Lipinski definition) is 7. The number of carboxylic acids is 1. The lowest BCUT2D eigenvalue weighted by Gasteiger charge is -2.02. The summed E-state index contributed by atoms with van der Waals surface area (Å²) in [6.07, 6.45) is 3.05. The molecule has 0 fully saturated rings. The highest BCUT2D eigenvalue weighted by Crippen LogP contribution is 2.20. The van der Waals surface area contributed by atoms with E-state index < -0.39 is 5.97 Å². The fourth-order valence-corrected chi connectivity index (χ4v) is 1.90. The summed E-state index contributed by atoms with van der Waals surface area (Å²) >= 11 is 0. The van der Waals surface area contributed by atoms with Gasteiger partial charge < -0.3 is 16.2 Å². The molecule has 0 radical (unpaired) electrons. The van der Waals surface area contributed by atoms with Gasteiger partial charge in [-0.25, -0.2) is 19.4 Å². The maximum Gasteiger partial charge on any atom is 0.358 e. The number of aromatic carboxylic acids is 1. The van der Waals surface area contributed by atoms with Crippen LogP contribution in [0.5, 0.6) is 0 Å². The zero-order valence-corrected chi connectivity index (χ0v) is 11.5. The molecular weight excluding hydrogens is 288 g/mol. The van der Waals surface area contributed by atoms with Crippen molar-refractivity contribution in [1.82, 2.24) is 29.9 Å². The van der Waals surface area contributed by atoms with E-state index in [1.807, 2.05) is 0 Å². The maximum absolute atomic E-state index is 11.3. The van der Waals surface area contributed by atoms with Gasteiger partial charge in [-0.2, -0.15) is 10.2 Å². The van der Waals surface area contributed by atoms with Gasteiger partial charge in [0.25, 0.3) is 0 Å². The largest absolute Gasteiger partial charge is 0.476 e. The molecule has 0 aromatic carbocycles. The van der Waals surface area contributed by atoms with Crippen molar-refractivity contribution in [2.45, 2.75) is 6.92 Å². The molecule has 0 aliphatic rings. The van der Waals surface area contributed by atoms with E-state index in [0.717, 1.165) is 0 Å². The third-order valence-corrected chi connectivity index (χ3v) is 2.77. The molecule has 0 atom stereocenters. The molecule has 0 aliphatic heterocycles. The zero-order valence-electron chi connectivity index (χ0n) is 11.5. The summed E-state index contributed by atoms with van der Waals surface area (Å²) in [5.74, 6) is 0.494. The van der Waals surface area contributed by atoms with Crippen LogP contribution in [0.2, 0.25) is 0 Å². The molecule has 3 aromatic rings. The molecule has 3 heterocycles. The second-order valence-corrected chi connectivity index (χ2v) is 4.43. The number of hydrogen-bond donors (Lipinski definition) is 4. The van der Waals surface area contributed by atoms with Gasteiger partial charge in [-0.3, -0.25) is 5.10 Å². The lowest BCUT2D eigenvalue weighted by molar-refractivity contribution is 0.0691. The van der Waals surface area contributed by atoms with E-state index in [1.54, 1.807) is 19.2 Å². The van der Waals surface area contributed by atoms with E-state index in [0.29, 0.717) is 23.1 Å². The second-order valence-electron chi connectivity index (χ2n) is 4.43. The molecule has 10 heteroatoms. The summed E-state index contributed by atoms with van der Waals surface area (Å²) < 4.78 is 1.33. The van der Waals surface area contributed by atoms with Crippen LogP contribution in [0.15, 0.2) is 24.5 Å². The average Bonchev–Trinajstić information content (AvgIpc) is 3.07. The highest BCUT2D eigenvalue weighted by Gasteiger charge is 2.18. The predicted octanol–water partition coefficient (Wildman–Crippen LogP) is 0.718. The summed E-state index contributed by atoms with van der Waals surface area (Å²) in [5.41, 5.74) is 5.82. The topological polar surface area (TPSA) is 148 Å². The van der Waals surface area contributed by atoms with Gasteiger partial charge in [0.1, 0.15) is 17.5 Å². The molecule has 5 N–H and O–H groups in total. The lowest BCUT2D eigenvalue weighted by Crippen LogP contribution is -2.06. The second kappa shape index (κ2) is 5.16. The SMILES string of the molecule is Cc1nc(N)cc(-n2cc(Nc3ccn[nH]3)c(C(=O)O)n2)n1. The Hall–Kier alpha value is -3.43. The Morgan fingerprint density at radius 3 is 2.91 bits per heavy atom. The molecule has 0 spiro atoms. The van der Waals surface area contributed by atoms with Crippen LogP contribution in [0.3, 0.4) is 0 Å². The number of carboxylic acid groups (broad SMARTS) is 1. The van der Waals surface area contributed by atoms with Crippen LogP contribution in [0, 0.1) is 6.92 Å². The smallest absolute Gasteiger partial charge is 0.358 e. The zero-order chi connectivity index (χ0) is 15.7. The van der Waals surface area contributed by atoms with Crippen molar-refractivity contribution in [1.29, 1.82) is 0 Å². The minimum Gasteiger partial charge on any atom is -0.476 e. The summed E-state index contributed by atoms with van der Waals surface area (Å²) in [6.45, 7) is 1.69. The summed E-state index contributed by atoms with van der Waals surface area (Å²) in [6, 6.07) is 3.17. The van der Waals surface area contributed by atoms with Gasteiger partial charge in [-0.1, -0.05) is 0 Å². The number of aromatic nitrogens is 6. The predicted molar refractivity (Wildman–Crippen MR) is 77.1 cm³/mol. The monoisotopic (exact) mass is 300 g/mol. The Balaban J connectivity index is 2.04. The van der Waals surface area contributed by atoms with Crippen molar-refractivity contribution in [2.75, 3.05) is 11.1 Å². The van der Waals surface area contributed by atoms with E-state index in [4.69, 9.17) is 5.73 Å². The third-order valence-electron chi connectivity index (χ3n) is 2.77. The molecule has 0 saturated heterocycles. The number of H-pyrrole nitrogens is 1. The number of aromatic amines is 1. The normalized spacial score (nSPS) is 10.6. The fourth-order valence-electron chi connectivity index (χ4n) is 1.90. The van der Waals surface area contributed by atoms with E-state index in [-0.39, 0.29) is 11.5 Å². The van der Waals surface area contributed by atoms with Gasteiger partial charge in [0.05, 0.1) is 18.1 Å². The lowest BCUT2D eigenvalue weighted by atomic mass is 10.3. The molecule has 3 aromatic heterocycles. The minimum absolute atomic E-state index is 0.149. The molecule has 0 saturated carbocycles. The van der Waals surface area contributed by atoms with Crippen molar-refractivity contribution in [3.8, 4) is 5.82 Å². The average molecular weight is 300 g/mol. The van der Waals surface area contributed by atoms with Crippen LogP contribution in [0.4, 0.5) is 17.3 Å². The van der Waals surface area contributed by atoms with Gasteiger partial charge in [-0.15, -0.1) is 0 Å². The number of nitrogens with one attached hydrogen (secondary N) is 2. The number of carbonyl (C=O) groups is 1. The van der Waals surface area contributed by atoms with Gasteiger partial charge in [0.15, 0.2) is 11.5 Å². The Kier molecular flexibility index (Phi) is 3.18. The van der Waals surface area contributed by atoms with Gasteiger partial charge in [0.2, 0.25) is 0 Å². The van der Waals surface area contributed by atoms with Crippen molar-refractivity contribution in [3.05, 3.63) is 36.0 Å². The summed E-state index contributed by atoms with van der Waals surface area (Å²) in [4.78, 5) is 19.5. The Bertz CT molecular complexity index is 804. The Morgan fingerprint density at radius 2 is 2.27 bits per heavy atom. The van der Waals surface area contributed by atoms with Crippen LogP contribution in [-0.2, 0) is 0 Å². The molecular formula is C12H12N8O2. The maximum atomic E-state index is 11.3. The van der Waals surface area contributed by atoms with Gasteiger partial charge in [0, 0.05) is 12.1 Å². The Morgan fingerprint density at radius 1 is 1.45 bits per heavy atom. The van der Waals surface area contributed by atoms with Gasteiger partial charge >= 0.3 is 5.97 Å². The number of anilines is 3. The van der Waals surface area contributed by atoms with Crippen molar-refractivity contribution in [2.24, 2.45) is 0 Å². The van der Waals surface area contributed by atoms with Crippen LogP contribution < -0.4 is 11.1 Å². The first kappa shape index (κ1) is 13.5. The van der Waals surface area contributed by atoms with Crippen molar-refractivity contribution in [3.63, 3.8) is 0 Å². The van der Waals surface area contributed by atoms with Gasteiger partial charge in [-0.05, 0) is 6.92 Å². The van der Waals surface area contributed by atoms with Crippen molar-refractivity contribution < 1.29 is 9.90 Å². The van der Waals surface area contributed by atoms with Crippen LogP contribution >= 0.6 is 0 Å². The highest BCUT2D eigenvalue weighted by molar-refractivity contribution is 5.92. The van der Waals surface area contributed by atoms with E-state index in [9.17, 15) is 9.90 Å². The number of aryl methyl sites for hydroxylation is 1. The number of nitrogen functional groups attached to an aromatic ring is 1. The minimum atomic E-state index is -1.17. The van der Waals surface area contributed by atoms with Crippen LogP contribution in [-0.4, -0.2) is 41.0 Å². The third kappa shape index (κ3) is 2.57. The molecule has 3 rings (SSSR count). The first-order chi connectivity index (χ1) is 10.5. The van der Waals surface area contributed by atoms with Crippen molar-refractivity contribution >= 4 is 23.3 Å². The van der Waals surface area contributed by atoms with E-state index in [2.05, 4.69) is 30.6 Å². The molecule has 10 nitrogen and oxygen atoms in total. The standard InChI is InChI=1S/C12H12N8O2/c1-6-15-8(13)4-10(16-6)20-5-7(11(19-20)12(21)22)17-9-2-3-14-18-9/h2-5H,1H3,(H,21,22)(H2,13,15,16)(H2,14,17,18). The molecule has 112 valence electrons. The quantitative estimate of drug-likeness (QED) is 0.550. The summed E-state index contributed by atoms with van der Waals surface area (Å²) in [5, 5.41) is 22.6. The molecule has 0 amide bonds. The Labute approximate surface area is 124 Å². The number of nitrogens with zero attached hydrogens (tertiary/aromatic N) is 5. The molecule has 0 bridgehead atoms. The molecule has 0 unspecified atom stereocenters. The summed E-state index contributed by atoms with van der Waals surface area (Å²) in [7, 11) is 0. The highest BCUT2D eigenvalue weighted by atomic mass is 16.4. The number of rotatable bonds is 4. The van der Waals surface area contributed by atoms with E-state index in [1.165, 1.54) is 16.9 Å². The van der Waals surface area contributed by atoms with Crippen LogP contribution in [0.25, 0.3) is 5.82 Å².